The standard InChI is InChI=1S/C9H13.C4H10N.C4H10Si.Ti/c1-6-5-7(2)9(4)8(6)3;1-4(2,3)5;1-4(2)5-3;/h5H,1-4H3;5H,1-3H3;4H,1-3H3;/q2*-1;;+2. The Hall–Kier alpha value is 0.241. The second-order valence-corrected chi connectivity index (χ2v) is 13.1. The molecule has 20 heavy (non-hydrogen) atoms. The predicted molar refractivity (Wildman–Crippen MR) is 91.8 cm³/mol. The maximum absolute atomic E-state index is 6.94. The normalized spacial score (nSPS) is 10.5. The largest absolute Gasteiger partial charge is 0.199 e. The van der Waals surface area contributed by atoms with Gasteiger partial charge in [0.1, 0.15) is 0 Å². The van der Waals surface area contributed by atoms with Gasteiger partial charge in [-0.3, -0.25) is 0 Å². The fourth-order valence-electron chi connectivity index (χ4n) is 1.13. The summed E-state index contributed by atoms with van der Waals surface area (Å²) in [4.78, 5) is 0. The van der Waals surface area contributed by atoms with Crippen molar-refractivity contribution in [3.63, 3.8) is 0 Å². The third kappa shape index (κ3) is 13.2. The zero-order valence-corrected chi connectivity index (χ0v) is 17.7. The summed E-state index contributed by atoms with van der Waals surface area (Å²) in [7, 11) is 0. The molecule has 114 valence electrons. The van der Waals surface area contributed by atoms with Crippen molar-refractivity contribution in [1.82, 2.24) is 0 Å². The van der Waals surface area contributed by atoms with Crippen LogP contribution in [0.4, 0.5) is 0 Å². The molecule has 1 nitrogen and oxygen atoms in total. The average molecular weight is 327 g/mol. The Bertz CT molecular complexity index is 383. The molecule has 0 amide bonds. The molecule has 0 atom stereocenters. The van der Waals surface area contributed by atoms with E-state index in [1.807, 2.05) is 20.8 Å². The molecule has 0 heterocycles. The van der Waals surface area contributed by atoms with E-state index in [0.717, 1.165) is 5.54 Å². The molecule has 0 aromatic heterocycles. The predicted octanol–water partition coefficient (Wildman–Crippen LogP) is 6.04. The summed E-state index contributed by atoms with van der Waals surface area (Å²) in [6, 6.07) is 2.24. The molecule has 0 fully saturated rings. The van der Waals surface area contributed by atoms with E-state index < -0.39 is 0 Å². The van der Waals surface area contributed by atoms with Crippen LogP contribution in [0.3, 0.4) is 0 Å². The van der Waals surface area contributed by atoms with Gasteiger partial charge in [0.05, 0.1) is 0 Å². The van der Waals surface area contributed by atoms with Crippen LogP contribution in [0, 0.1) is 27.7 Å². The van der Waals surface area contributed by atoms with Gasteiger partial charge in [-0.25, -0.2) is 0 Å². The quantitative estimate of drug-likeness (QED) is 0.443. The van der Waals surface area contributed by atoms with Crippen LogP contribution < -0.4 is 0 Å². The summed E-state index contributed by atoms with van der Waals surface area (Å²) < 4.78 is 0. The Balaban J connectivity index is 0. The van der Waals surface area contributed by atoms with Crippen molar-refractivity contribution in [3.05, 3.63) is 34.1 Å². The summed E-state index contributed by atoms with van der Waals surface area (Å²) in [5.74, 6) is 0. The van der Waals surface area contributed by atoms with Crippen LogP contribution >= 0.6 is 0 Å². The Kier molecular flexibility index (Phi) is 11.3. The van der Waals surface area contributed by atoms with Crippen LogP contribution in [0.25, 0.3) is 5.73 Å². The van der Waals surface area contributed by atoms with Gasteiger partial charge in [-0.05, 0) is 0 Å². The van der Waals surface area contributed by atoms with Crippen molar-refractivity contribution in [2.45, 2.75) is 79.9 Å². The van der Waals surface area contributed by atoms with Gasteiger partial charge in [0, 0.05) is 0 Å². The molecular weight excluding hydrogens is 294 g/mol. The van der Waals surface area contributed by atoms with Crippen molar-refractivity contribution in [3.8, 4) is 0 Å². The zero-order valence-electron chi connectivity index (χ0n) is 15.2. The van der Waals surface area contributed by atoms with E-state index in [2.05, 4.69) is 73.3 Å². The van der Waals surface area contributed by atoms with Crippen molar-refractivity contribution in [2.24, 2.45) is 0 Å². The van der Waals surface area contributed by atoms with Crippen molar-refractivity contribution in [2.75, 3.05) is 0 Å². The van der Waals surface area contributed by atoms with Crippen LogP contribution in [0.1, 0.15) is 56.9 Å². The van der Waals surface area contributed by atoms with Gasteiger partial charge < -0.3 is 5.73 Å². The first kappa shape index (κ1) is 22.5. The monoisotopic (exact) mass is 327 g/mol. The molecule has 0 aliphatic rings. The van der Waals surface area contributed by atoms with E-state index in [4.69, 9.17) is 5.73 Å². The average Bonchev–Trinajstić information content (AvgIpc) is 2.44. The summed E-state index contributed by atoms with van der Waals surface area (Å²) in [5, 5.41) is 0. The van der Waals surface area contributed by atoms with Crippen LogP contribution in [0.5, 0.6) is 0 Å². The number of hydrogen-bond donors (Lipinski definition) is 0. The third-order valence-electron chi connectivity index (χ3n) is 3.04. The van der Waals surface area contributed by atoms with Gasteiger partial charge in [0.25, 0.3) is 0 Å². The van der Waals surface area contributed by atoms with Crippen LogP contribution in [0.15, 0.2) is 6.07 Å². The third-order valence-corrected chi connectivity index (χ3v) is 7.48. The SMILES string of the molecule is CC(C)(C)[NH-].CC(C)[Si](C)=[Ti+2].Cc1c[c-](C)c(C)c1C. The van der Waals surface area contributed by atoms with E-state index >= 15 is 0 Å². The Morgan fingerprint density at radius 1 is 1.20 bits per heavy atom. The number of rotatable bonds is 1. The summed E-state index contributed by atoms with van der Waals surface area (Å²) >= 11 is 2.34. The van der Waals surface area contributed by atoms with Gasteiger partial charge in [-0.1, -0.05) is 48.5 Å². The molecule has 3 heteroatoms. The van der Waals surface area contributed by atoms with Crippen molar-refractivity contribution >= 4 is 6.19 Å². The van der Waals surface area contributed by atoms with E-state index in [0.29, 0.717) is 0 Å². The second-order valence-electron chi connectivity index (χ2n) is 6.85. The molecule has 0 saturated heterocycles. The molecule has 0 saturated carbocycles. The fourth-order valence-corrected chi connectivity index (χ4v) is 1.13. The molecule has 0 unspecified atom stereocenters. The Morgan fingerprint density at radius 3 is 1.55 bits per heavy atom. The van der Waals surface area contributed by atoms with Gasteiger partial charge in [0.15, 0.2) is 0 Å². The minimum Gasteiger partial charge on any atom is -0.199 e. The Labute approximate surface area is 139 Å². The minimum absolute atomic E-state index is 0.0484. The van der Waals surface area contributed by atoms with Gasteiger partial charge in [-0.2, -0.15) is 28.3 Å². The molecular formula is C17H33NSiTi. The van der Waals surface area contributed by atoms with E-state index in [-0.39, 0.29) is 11.7 Å². The summed E-state index contributed by atoms with van der Waals surface area (Å²) in [5.41, 5.74) is 13.4. The van der Waals surface area contributed by atoms with Crippen molar-refractivity contribution in [1.29, 1.82) is 0 Å². The van der Waals surface area contributed by atoms with Crippen LogP contribution in [-0.4, -0.2) is 11.7 Å². The summed E-state index contributed by atoms with van der Waals surface area (Å²) in [6.07, 6.45) is 0.0484. The number of nitrogens with one attached hydrogen (secondary N) is 1. The van der Waals surface area contributed by atoms with E-state index in [1.165, 1.54) is 22.3 Å². The first-order chi connectivity index (χ1) is 8.77. The van der Waals surface area contributed by atoms with Gasteiger partial charge >= 0.3 is 51.3 Å². The molecule has 0 bridgehead atoms. The molecule has 1 aromatic rings. The van der Waals surface area contributed by atoms with Crippen LogP contribution in [-0.2, 0) is 19.2 Å². The first-order valence-electron chi connectivity index (χ1n) is 7.27. The van der Waals surface area contributed by atoms with E-state index in [9.17, 15) is 0 Å². The zero-order chi connectivity index (χ0) is 16.7. The minimum atomic E-state index is -0.250. The molecule has 0 aliphatic heterocycles. The maximum atomic E-state index is 6.94. The van der Waals surface area contributed by atoms with Gasteiger partial charge in [-0.15, -0.1) is 5.54 Å². The molecule has 1 aromatic carbocycles. The van der Waals surface area contributed by atoms with Crippen molar-refractivity contribution < 1.29 is 19.2 Å². The maximum Gasteiger partial charge on any atom is -0.0630 e. The summed E-state index contributed by atoms with van der Waals surface area (Å²) in [6.45, 7) is 21.2. The van der Waals surface area contributed by atoms with Gasteiger partial charge in [0.2, 0.25) is 0 Å². The fraction of sp³-hybridized carbons (Fsp3) is 0.706. The van der Waals surface area contributed by atoms with Crippen LogP contribution in [0.2, 0.25) is 12.1 Å². The topological polar surface area (TPSA) is 23.8 Å². The smallest absolute Gasteiger partial charge is 0.0630 e. The molecule has 0 aliphatic carbocycles. The second kappa shape index (κ2) is 10.0. The van der Waals surface area contributed by atoms with E-state index in [1.54, 1.807) is 0 Å². The molecule has 0 radical (unpaired) electrons. The molecule has 1 rings (SSSR count). The number of aryl methyl sites for hydroxylation is 2. The number of hydrogen-bond acceptors (Lipinski definition) is 0. The first-order valence-corrected chi connectivity index (χ1v) is 11.7. The molecule has 0 spiro atoms. The molecule has 1 N–H and O–H groups in total. The Morgan fingerprint density at radius 2 is 1.50 bits per heavy atom.